The van der Waals surface area contributed by atoms with E-state index in [-0.39, 0.29) is 11.2 Å². The summed E-state index contributed by atoms with van der Waals surface area (Å²) in [6.45, 7) is 5.51. The second-order valence-corrected chi connectivity index (χ2v) is 10.2. The van der Waals surface area contributed by atoms with Crippen molar-refractivity contribution >= 4 is 17.4 Å². The molecule has 7 heteroatoms. The van der Waals surface area contributed by atoms with E-state index in [1.54, 1.807) is 7.11 Å². The molecule has 0 spiro atoms. The van der Waals surface area contributed by atoms with Crippen LogP contribution in [0, 0.1) is 16.7 Å². The summed E-state index contributed by atoms with van der Waals surface area (Å²) in [4.78, 5) is 15.3. The Bertz CT molecular complexity index is 1210. The third-order valence-corrected chi connectivity index (χ3v) is 6.79. The lowest BCUT2D eigenvalue weighted by atomic mass is 9.68. The monoisotopic (exact) mass is 491 g/mol. The molecule has 1 atom stereocenters. The topological polar surface area (TPSA) is 88.6 Å². The zero-order valence-electron chi connectivity index (χ0n) is 20.3. The standard InChI is InChI=1S/C28H30ClN3O3/c1-28(2)14-23-26(24(33)15-28)25(22(16-30)27(31)32(23)12-13-34-3)19-6-10-21(11-7-19)35-17-18-4-8-20(29)9-5-18/h4-11,25H,12-15,17,31H2,1-3H3/t25-/m0/s1. The number of halogens is 1. The molecule has 1 aliphatic heterocycles. The van der Waals surface area contributed by atoms with Gasteiger partial charge in [0.15, 0.2) is 5.78 Å². The Morgan fingerprint density at radius 2 is 1.83 bits per heavy atom. The van der Waals surface area contributed by atoms with E-state index < -0.39 is 5.92 Å². The van der Waals surface area contributed by atoms with E-state index in [1.165, 1.54) is 0 Å². The van der Waals surface area contributed by atoms with E-state index >= 15 is 0 Å². The highest BCUT2D eigenvalue weighted by atomic mass is 35.5. The Hall–Kier alpha value is -3.27. The molecule has 2 aromatic carbocycles. The van der Waals surface area contributed by atoms with Gasteiger partial charge in [0.1, 0.15) is 18.2 Å². The maximum absolute atomic E-state index is 13.4. The van der Waals surface area contributed by atoms with Crippen molar-refractivity contribution < 1.29 is 14.3 Å². The fourth-order valence-electron chi connectivity index (χ4n) is 4.85. The number of nitrogens with zero attached hydrogens (tertiary/aromatic N) is 2. The molecule has 1 aliphatic carbocycles. The summed E-state index contributed by atoms with van der Waals surface area (Å²) in [5.41, 5.74) is 10.2. The highest BCUT2D eigenvalue weighted by Crippen LogP contribution is 2.49. The molecule has 0 saturated carbocycles. The van der Waals surface area contributed by atoms with E-state index in [2.05, 4.69) is 19.9 Å². The minimum absolute atomic E-state index is 0.0620. The van der Waals surface area contributed by atoms with E-state index in [4.69, 9.17) is 26.8 Å². The van der Waals surface area contributed by atoms with Crippen LogP contribution in [0.4, 0.5) is 0 Å². The van der Waals surface area contributed by atoms with Crippen molar-refractivity contribution in [3.05, 3.63) is 87.3 Å². The van der Waals surface area contributed by atoms with Crippen LogP contribution in [-0.2, 0) is 16.1 Å². The Morgan fingerprint density at radius 3 is 2.46 bits per heavy atom. The minimum Gasteiger partial charge on any atom is -0.489 e. The predicted molar refractivity (Wildman–Crippen MR) is 135 cm³/mol. The van der Waals surface area contributed by atoms with Crippen LogP contribution in [0.15, 0.2) is 71.2 Å². The molecule has 2 aromatic rings. The van der Waals surface area contributed by atoms with Crippen LogP contribution in [0.3, 0.4) is 0 Å². The highest BCUT2D eigenvalue weighted by Gasteiger charge is 2.44. The van der Waals surface area contributed by atoms with Crippen molar-refractivity contribution in [3.63, 3.8) is 0 Å². The molecule has 35 heavy (non-hydrogen) atoms. The molecule has 182 valence electrons. The van der Waals surface area contributed by atoms with E-state index in [0.29, 0.717) is 60.3 Å². The molecule has 0 unspecified atom stereocenters. The second kappa shape index (κ2) is 10.2. The number of methoxy groups -OCH3 is 1. The molecule has 6 nitrogen and oxygen atoms in total. The SMILES string of the molecule is COCCN1C(N)=C(C#N)[C@H](c2ccc(OCc3ccc(Cl)cc3)cc2)C2=C1CC(C)(C)CC2=O. The van der Waals surface area contributed by atoms with Crippen LogP contribution in [0.5, 0.6) is 5.75 Å². The van der Waals surface area contributed by atoms with Crippen LogP contribution >= 0.6 is 11.6 Å². The summed E-state index contributed by atoms with van der Waals surface area (Å²) in [5.74, 6) is 0.651. The lowest BCUT2D eigenvalue weighted by Gasteiger charge is -2.43. The molecule has 2 aliphatic rings. The number of Topliss-reactive ketones (excluding diaryl/α,β-unsaturated/α-hetero) is 1. The molecule has 0 saturated heterocycles. The van der Waals surface area contributed by atoms with Crippen molar-refractivity contribution in [2.45, 2.75) is 39.2 Å². The Morgan fingerprint density at radius 1 is 1.14 bits per heavy atom. The number of ketones is 1. The highest BCUT2D eigenvalue weighted by molar-refractivity contribution is 6.30. The summed E-state index contributed by atoms with van der Waals surface area (Å²) in [6, 6.07) is 17.4. The van der Waals surface area contributed by atoms with Gasteiger partial charge in [-0.05, 0) is 47.2 Å². The lowest BCUT2D eigenvalue weighted by Crippen LogP contribution is -2.43. The fraction of sp³-hybridized carbons (Fsp3) is 0.357. The van der Waals surface area contributed by atoms with Gasteiger partial charge in [0.2, 0.25) is 0 Å². The smallest absolute Gasteiger partial charge is 0.162 e. The van der Waals surface area contributed by atoms with Crippen molar-refractivity contribution in [2.75, 3.05) is 20.3 Å². The molecule has 0 aromatic heterocycles. The molecular weight excluding hydrogens is 462 g/mol. The van der Waals surface area contributed by atoms with Crippen molar-refractivity contribution in [1.29, 1.82) is 5.26 Å². The zero-order valence-corrected chi connectivity index (χ0v) is 21.1. The number of allylic oxidation sites excluding steroid dienone is 3. The van der Waals surface area contributed by atoms with Gasteiger partial charge >= 0.3 is 0 Å². The van der Waals surface area contributed by atoms with Crippen molar-refractivity contribution in [1.82, 2.24) is 4.90 Å². The summed E-state index contributed by atoms with van der Waals surface area (Å²) >= 11 is 5.95. The molecule has 0 fully saturated rings. The number of rotatable bonds is 7. The van der Waals surface area contributed by atoms with Crippen molar-refractivity contribution in [2.24, 2.45) is 11.1 Å². The largest absolute Gasteiger partial charge is 0.489 e. The first-order chi connectivity index (χ1) is 16.7. The number of nitriles is 1. The van der Waals surface area contributed by atoms with E-state index in [1.807, 2.05) is 53.4 Å². The first-order valence-corrected chi connectivity index (χ1v) is 12.0. The Balaban J connectivity index is 1.67. The number of carbonyl (C=O) groups is 1. The third-order valence-electron chi connectivity index (χ3n) is 6.54. The number of carbonyl (C=O) groups excluding carboxylic acids is 1. The van der Waals surface area contributed by atoms with Gasteiger partial charge in [-0.1, -0.05) is 49.7 Å². The van der Waals surface area contributed by atoms with Gasteiger partial charge in [-0.2, -0.15) is 5.26 Å². The minimum atomic E-state index is -0.497. The average molecular weight is 492 g/mol. The first-order valence-electron chi connectivity index (χ1n) is 11.6. The summed E-state index contributed by atoms with van der Waals surface area (Å²) in [5, 5.41) is 10.8. The van der Waals surface area contributed by atoms with Gasteiger partial charge in [0, 0.05) is 36.4 Å². The summed E-state index contributed by atoms with van der Waals surface area (Å²) < 4.78 is 11.2. The van der Waals surface area contributed by atoms with Gasteiger partial charge < -0.3 is 20.1 Å². The second-order valence-electron chi connectivity index (χ2n) is 9.77. The molecule has 0 radical (unpaired) electrons. The van der Waals surface area contributed by atoms with Crippen molar-refractivity contribution in [3.8, 4) is 11.8 Å². The number of hydrogen-bond acceptors (Lipinski definition) is 6. The summed E-state index contributed by atoms with van der Waals surface area (Å²) in [6.07, 6.45) is 1.14. The van der Waals surface area contributed by atoms with E-state index in [9.17, 15) is 10.1 Å². The molecule has 0 bridgehead atoms. The van der Waals surface area contributed by atoms with Gasteiger partial charge in [0.05, 0.1) is 24.2 Å². The van der Waals surface area contributed by atoms with Crippen LogP contribution < -0.4 is 10.5 Å². The van der Waals surface area contributed by atoms with Crippen LogP contribution in [-0.4, -0.2) is 30.9 Å². The van der Waals surface area contributed by atoms with Crippen LogP contribution in [0.25, 0.3) is 0 Å². The Kier molecular flexibility index (Phi) is 7.20. The molecule has 4 rings (SSSR count). The van der Waals surface area contributed by atoms with Crippen LogP contribution in [0.1, 0.15) is 43.7 Å². The lowest BCUT2D eigenvalue weighted by molar-refractivity contribution is -0.118. The fourth-order valence-corrected chi connectivity index (χ4v) is 4.98. The number of nitrogens with two attached hydrogens (primary N) is 1. The molecule has 0 amide bonds. The molecule has 2 N–H and O–H groups in total. The molecular formula is C28H30ClN3O3. The number of benzene rings is 2. The van der Waals surface area contributed by atoms with Gasteiger partial charge in [-0.25, -0.2) is 0 Å². The van der Waals surface area contributed by atoms with Gasteiger partial charge in [0.25, 0.3) is 0 Å². The van der Waals surface area contributed by atoms with Gasteiger partial charge in [-0.15, -0.1) is 0 Å². The molecule has 1 heterocycles. The summed E-state index contributed by atoms with van der Waals surface area (Å²) in [7, 11) is 1.62. The van der Waals surface area contributed by atoms with Crippen LogP contribution in [0.2, 0.25) is 5.02 Å². The zero-order chi connectivity index (χ0) is 25.2. The quantitative estimate of drug-likeness (QED) is 0.565. The maximum Gasteiger partial charge on any atom is 0.162 e. The van der Waals surface area contributed by atoms with Gasteiger partial charge in [-0.3, -0.25) is 4.79 Å². The number of hydrogen-bond donors (Lipinski definition) is 1. The normalized spacial score (nSPS) is 19.5. The number of ether oxygens (including phenoxy) is 2. The maximum atomic E-state index is 13.4. The Labute approximate surface area is 211 Å². The predicted octanol–water partition coefficient (Wildman–Crippen LogP) is 5.30. The first kappa shape index (κ1) is 24.8. The van der Waals surface area contributed by atoms with E-state index in [0.717, 1.165) is 16.8 Å². The average Bonchev–Trinajstić information content (AvgIpc) is 2.82. The third kappa shape index (κ3) is 5.22.